The topological polar surface area (TPSA) is 75.7 Å². The molecule has 0 radical (unpaired) electrons. The third-order valence-electron chi connectivity index (χ3n) is 4.81. The fourth-order valence-corrected chi connectivity index (χ4v) is 4.83. The van der Waals surface area contributed by atoms with Crippen molar-refractivity contribution in [3.05, 3.63) is 29.3 Å². The SMILES string of the molecule is Cc1cccc(C)c1NC(=O)COC(=O)[C@@H]1CS[C@@]2(C)CCC(=O)N12. The zero-order valence-electron chi connectivity index (χ0n) is 14.6. The van der Waals surface area contributed by atoms with Gasteiger partial charge in [-0.15, -0.1) is 11.8 Å². The molecule has 2 amide bonds. The summed E-state index contributed by atoms with van der Waals surface area (Å²) in [6.07, 6.45) is 1.20. The van der Waals surface area contributed by atoms with Gasteiger partial charge in [-0.05, 0) is 38.3 Å². The number of fused-ring (bicyclic) bond motifs is 1. The first-order valence-electron chi connectivity index (χ1n) is 8.30. The van der Waals surface area contributed by atoms with Gasteiger partial charge in [0.25, 0.3) is 5.91 Å². The fraction of sp³-hybridized carbons (Fsp3) is 0.500. The number of esters is 1. The van der Waals surface area contributed by atoms with E-state index in [1.165, 1.54) is 0 Å². The summed E-state index contributed by atoms with van der Waals surface area (Å²) in [4.78, 5) is 37.8. The highest BCUT2D eigenvalue weighted by Crippen LogP contribution is 2.47. The highest BCUT2D eigenvalue weighted by molar-refractivity contribution is 8.01. The van der Waals surface area contributed by atoms with E-state index in [2.05, 4.69) is 5.32 Å². The van der Waals surface area contributed by atoms with Crippen LogP contribution in [-0.4, -0.2) is 46.0 Å². The number of ether oxygens (including phenoxy) is 1. The number of amides is 2. The van der Waals surface area contributed by atoms with Crippen LogP contribution in [0, 0.1) is 13.8 Å². The number of rotatable bonds is 4. The van der Waals surface area contributed by atoms with E-state index in [0.29, 0.717) is 12.2 Å². The molecule has 2 atom stereocenters. The van der Waals surface area contributed by atoms with Crippen LogP contribution in [0.15, 0.2) is 18.2 Å². The summed E-state index contributed by atoms with van der Waals surface area (Å²) in [7, 11) is 0. The average molecular weight is 362 g/mol. The summed E-state index contributed by atoms with van der Waals surface area (Å²) < 4.78 is 5.18. The van der Waals surface area contributed by atoms with Crippen molar-refractivity contribution in [3.8, 4) is 0 Å². The molecule has 6 nitrogen and oxygen atoms in total. The number of aryl methyl sites for hydroxylation is 2. The van der Waals surface area contributed by atoms with E-state index in [-0.39, 0.29) is 23.3 Å². The van der Waals surface area contributed by atoms with Gasteiger partial charge in [0.15, 0.2) is 6.61 Å². The Balaban J connectivity index is 1.58. The molecule has 1 aromatic carbocycles. The Morgan fingerprint density at radius 3 is 2.72 bits per heavy atom. The van der Waals surface area contributed by atoms with Crippen LogP contribution in [0.4, 0.5) is 5.69 Å². The lowest BCUT2D eigenvalue weighted by Gasteiger charge is -2.29. The fourth-order valence-electron chi connectivity index (χ4n) is 3.42. The van der Waals surface area contributed by atoms with Gasteiger partial charge in [0.1, 0.15) is 6.04 Å². The number of carbonyl (C=O) groups is 3. The zero-order valence-corrected chi connectivity index (χ0v) is 15.4. The number of nitrogens with zero attached hydrogens (tertiary/aromatic N) is 1. The quantitative estimate of drug-likeness (QED) is 0.832. The highest BCUT2D eigenvalue weighted by Gasteiger charge is 2.53. The Kier molecular flexibility index (Phi) is 4.77. The van der Waals surface area contributed by atoms with Crippen molar-refractivity contribution in [2.45, 2.75) is 44.5 Å². The lowest BCUT2D eigenvalue weighted by Crippen LogP contribution is -2.47. The summed E-state index contributed by atoms with van der Waals surface area (Å²) >= 11 is 1.60. The molecule has 0 unspecified atom stereocenters. The van der Waals surface area contributed by atoms with Crippen molar-refractivity contribution in [2.75, 3.05) is 17.7 Å². The van der Waals surface area contributed by atoms with Gasteiger partial charge in [-0.3, -0.25) is 9.59 Å². The van der Waals surface area contributed by atoms with E-state index in [0.717, 1.165) is 23.2 Å². The maximum Gasteiger partial charge on any atom is 0.330 e. The molecule has 25 heavy (non-hydrogen) atoms. The standard InChI is InChI=1S/C18H22N2O4S/c1-11-5-4-6-12(2)16(11)19-14(21)9-24-17(23)13-10-25-18(3)8-7-15(22)20(13)18/h4-6,13H,7-10H2,1-3H3,(H,19,21)/t13-,18-/m0/s1. The molecule has 0 aliphatic carbocycles. The second kappa shape index (κ2) is 6.71. The number of benzene rings is 1. The first-order chi connectivity index (χ1) is 11.8. The van der Waals surface area contributed by atoms with E-state index >= 15 is 0 Å². The van der Waals surface area contributed by atoms with Gasteiger partial charge in [-0.1, -0.05) is 18.2 Å². The third kappa shape index (κ3) is 3.38. The molecule has 2 fully saturated rings. The summed E-state index contributed by atoms with van der Waals surface area (Å²) in [6.45, 7) is 5.43. The first kappa shape index (κ1) is 17.8. The lowest BCUT2D eigenvalue weighted by atomic mass is 10.1. The van der Waals surface area contributed by atoms with Crippen molar-refractivity contribution in [1.29, 1.82) is 0 Å². The van der Waals surface area contributed by atoms with Crippen LogP contribution in [0.5, 0.6) is 0 Å². The van der Waals surface area contributed by atoms with E-state index in [4.69, 9.17) is 4.74 Å². The predicted octanol–water partition coefficient (Wildman–Crippen LogP) is 2.24. The van der Waals surface area contributed by atoms with Crippen molar-refractivity contribution in [2.24, 2.45) is 0 Å². The number of hydrogen-bond acceptors (Lipinski definition) is 5. The van der Waals surface area contributed by atoms with Crippen molar-refractivity contribution < 1.29 is 19.1 Å². The molecule has 2 saturated heterocycles. The summed E-state index contributed by atoms with van der Waals surface area (Å²) in [5.74, 6) is -0.399. The highest BCUT2D eigenvalue weighted by atomic mass is 32.2. The van der Waals surface area contributed by atoms with Gasteiger partial charge >= 0.3 is 5.97 Å². The maximum atomic E-state index is 12.4. The normalized spacial score (nSPS) is 25.0. The molecule has 0 spiro atoms. The molecule has 1 aromatic rings. The Morgan fingerprint density at radius 1 is 1.36 bits per heavy atom. The van der Waals surface area contributed by atoms with Gasteiger partial charge in [-0.25, -0.2) is 4.79 Å². The molecule has 7 heteroatoms. The Hall–Kier alpha value is -2.02. The van der Waals surface area contributed by atoms with Crippen LogP contribution in [0.2, 0.25) is 0 Å². The molecule has 2 aliphatic rings. The van der Waals surface area contributed by atoms with Crippen molar-refractivity contribution in [1.82, 2.24) is 4.90 Å². The van der Waals surface area contributed by atoms with Crippen LogP contribution in [0.3, 0.4) is 0 Å². The van der Waals surface area contributed by atoms with Crippen LogP contribution in [-0.2, 0) is 19.1 Å². The predicted molar refractivity (Wildman–Crippen MR) is 96.2 cm³/mol. The summed E-state index contributed by atoms with van der Waals surface area (Å²) in [5.41, 5.74) is 2.64. The molecule has 1 N–H and O–H groups in total. The molecule has 3 rings (SSSR count). The van der Waals surface area contributed by atoms with Crippen LogP contribution in [0.25, 0.3) is 0 Å². The minimum absolute atomic E-state index is 0.0190. The number of hydrogen-bond donors (Lipinski definition) is 1. The van der Waals surface area contributed by atoms with E-state index in [9.17, 15) is 14.4 Å². The monoisotopic (exact) mass is 362 g/mol. The largest absolute Gasteiger partial charge is 0.454 e. The number of nitrogens with one attached hydrogen (secondary N) is 1. The van der Waals surface area contributed by atoms with Gasteiger partial charge < -0.3 is 15.0 Å². The zero-order chi connectivity index (χ0) is 18.2. The summed E-state index contributed by atoms with van der Waals surface area (Å²) in [5, 5.41) is 2.79. The Labute approximate surface area is 151 Å². The number of thioether (sulfide) groups is 1. The first-order valence-corrected chi connectivity index (χ1v) is 9.29. The number of para-hydroxylation sites is 1. The molecule has 0 aromatic heterocycles. The van der Waals surface area contributed by atoms with Gasteiger partial charge in [0.2, 0.25) is 5.91 Å². The Morgan fingerprint density at radius 2 is 2.04 bits per heavy atom. The average Bonchev–Trinajstić information content (AvgIpc) is 3.05. The van der Waals surface area contributed by atoms with Crippen LogP contribution >= 0.6 is 11.8 Å². The Bertz CT molecular complexity index is 716. The van der Waals surface area contributed by atoms with Crippen molar-refractivity contribution >= 4 is 35.2 Å². The molecular formula is C18H22N2O4S. The molecule has 2 aliphatic heterocycles. The van der Waals surface area contributed by atoms with E-state index in [1.807, 2.05) is 39.0 Å². The van der Waals surface area contributed by atoms with Gasteiger partial charge in [-0.2, -0.15) is 0 Å². The van der Waals surface area contributed by atoms with E-state index < -0.39 is 12.0 Å². The molecule has 134 valence electrons. The summed E-state index contributed by atoms with van der Waals surface area (Å²) in [6, 6.07) is 5.13. The smallest absolute Gasteiger partial charge is 0.330 e. The minimum Gasteiger partial charge on any atom is -0.454 e. The van der Waals surface area contributed by atoms with Crippen LogP contribution < -0.4 is 5.32 Å². The second-order valence-electron chi connectivity index (χ2n) is 6.69. The van der Waals surface area contributed by atoms with Crippen molar-refractivity contribution in [3.63, 3.8) is 0 Å². The molecular weight excluding hydrogens is 340 g/mol. The van der Waals surface area contributed by atoms with E-state index in [1.54, 1.807) is 16.7 Å². The third-order valence-corrected chi connectivity index (χ3v) is 6.31. The van der Waals surface area contributed by atoms with Crippen LogP contribution in [0.1, 0.15) is 30.9 Å². The number of anilines is 1. The van der Waals surface area contributed by atoms with Gasteiger partial charge in [0.05, 0.1) is 4.87 Å². The number of carbonyl (C=O) groups excluding carboxylic acids is 3. The van der Waals surface area contributed by atoms with Gasteiger partial charge in [0, 0.05) is 17.9 Å². The molecule has 2 heterocycles. The molecule has 0 bridgehead atoms. The maximum absolute atomic E-state index is 12.4. The second-order valence-corrected chi connectivity index (χ2v) is 8.19. The molecule has 0 saturated carbocycles. The lowest BCUT2D eigenvalue weighted by molar-refractivity contribution is -0.155. The minimum atomic E-state index is -0.599.